The second kappa shape index (κ2) is 30.1. The molecule has 0 heterocycles. The molecule has 0 aromatic carbocycles. The molecule has 0 atom stereocenters. The minimum Gasteiger partial charge on any atom is -0.396 e. The Kier molecular flexibility index (Phi) is 31.2. The van der Waals surface area contributed by atoms with E-state index in [1.165, 1.54) is 6.08 Å². The lowest BCUT2D eigenvalue weighted by molar-refractivity contribution is -0.103. The Balaban J connectivity index is -0.000000774. The van der Waals surface area contributed by atoms with Crippen molar-refractivity contribution in [2.45, 2.75) is 12.8 Å². The summed E-state index contributed by atoms with van der Waals surface area (Å²) in [5, 5.41) is 58.7. The summed E-state index contributed by atoms with van der Waals surface area (Å²) in [6, 6.07) is 5.72. The van der Waals surface area contributed by atoms with Gasteiger partial charge in [-0.05, 0) is 0 Å². The summed E-state index contributed by atoms with van der Waals surface area (Å²) in [6.45, 7) is 17.8. The highest BCUT2D eigenvalue weighted by atomic mass is 16.5. The topological polar surface area (TPSA) is 198 Å². The van der Waals surface area contributed by atoms with Gasteiger partial charge in [0.15, 0.2) is 0 Å². The van der Waals surface area contributed by atoms with Crippen molar-refractivity contribution in [3.05, 3.63) is 35.5 Å². The Labute approximate surface area is 225 Å². The first-order chi connectivity index (χ1) is 18.4. The number of rotatable bonds is 20. The Morgan fingerprint density at radius 1 is 0.658 bits per heavy atom. The van der Waals surface area contributed by atoms with Crippen LogP contribution in [-0.4, -0.2) is 113 Å². The minimum atomic E-state index is -1.11. The standard InChI is InChI=1S/C17H24N4O4.C5H12O4.C3H3N/c1-20-7-11-24-15-17(13-22-9-3-5-18,14-23-10-4-6-19)16-25-12-8-21-2;6-1-5(2-7,3-8)4-9;1-2-3-4/h3-4,7-16H2;6-9H,1-4H2;2H,1H2. The van der Waals surface area contributed by atoms with E-state index in [-0.39, 0.29) is 52.4 Å². The predicted molar refractivity (Wildman–Crippen MR) is 136 cm³/mol. The SMILES string of the molecule is C=CC#N.OCC(CO)(CO)CO.[C-]#[N+]CCOCC(COCCC#N)(COCCC#N)COCC[N+]#[C-]. The van der Waals surface area contributed by atoms with Crippen molar-refractivity contribution in [1.82, 2.24) is 0 Å². The number of hydrogen-bond donors (Lipinski definition) is 4. The lowest BCUT2D eigenvalue weighted by atomic mass is 9.92. The van der Waals surface area contributed by atoms with E-state index >= 15 is 0 Å². The van der Waals surface area contributed by atoms with Crippen LogP contribution in [0, 0.1) is 58.0 Å². The molecular formula is C25H39N5O8. The van der Waals surface area contributed by atoms with E-state index < -0.39 is 37.3 Å². The highest BCUT2D eigenvalue weighted by Crippen LogP contribution is 2.21. The largest absolute Gasteiger partial charge is 0.396 e. The third kappa shape index (κ3) is 23.3. The van der Waals surface area contributed by atoms with Crippen LogP contribution in [0.3, 0.4) is 0 Å². The summed E-state index contributed by atoms with van der Waals surface area (Å²) in [6.07, 6.45) is 1.74. The Morgan fingerprint density at radius 2 is 0.974 bits per heavy atom. The smallest absolute Gasteiger partial charge is 0.237 e. The molecule has 13 heteroatoms. The summed E-state index contributed by atoms with van der Waals surface area (Å²) in [4.78, 5) is 6.48. The van der Waals surface area contributed by atoms with Crippen LogP contribution < -0.4 is 0 Å². The molecule has 0 aliphatic rings. The first-order valence-corrected chi connectivity index (χ1v) is 11.6. The number of allylic oxidation sites excluding steroid dienone is 1. The summed E-state index contributed by atoms with van der Waals surface area (Å²) >= 11 is 0. The van der Waals surface area contributed by atoms with Crippen LogP contribution in [0.2, 0.25) is 0 Å². The van der Waals surface area contributed by atoms with Crippen LogP contribution in [0.25, 0.3) is 9.69 Å². The highest BCUT2D eigenvalue weighted by molar-refractivity contribution is 4.93. The number of aliphatic hydroxyl groups excluding tert-OH is 4. The predicted octanol–water partition coefficient (Wildman–Crippen LogP) is 0.343. The first kappa shape index (κ1) is 39.4. The van der Waals surface area contributed by atoms with E-state index in [4.69, 9.17) is 68.3 Å². The summed E-state index contributed by atoms with van der Waals surface area (Å²) in [7, 11) is 0. The molecule has 4 N–H and O–H groups in total. The average Bonchev–Trinajstić information content (AvgIpc) is 2.96. The van der Waals surface area contributed by atoms with E-state index in [2.05, 4.69) is 16.3 Å². The highest BCUT2D eigenvalue weighted by Gasteiger charge is 2.33. The number of ether oxygens (including phenoxy) is 4. The third-order valence-electron chi connectivity index (χ3n) is 4.48. The van der Waals surface area contributed by atoms with E-state index in [0.717, 1.165) is 0 Å². The summed E-state index contributed by atoms with van der Waals surface area (Å²) in [5.41, 5.74) is -1.73. The average molecular weight is 538 g/mol. The molecule has 0 radical (unpaired) electrons. The quantitative estimate of drug-likeness (QED) is 0.0949. The molecule has 0 amide bonds. The number of nitriles is 3. The molecule has 212 valence electrons. The van der Waals surface area contributed by atoms with Gasteiger partial charge in [-0.3, -0.25) is 0 Å². The number of hydrogen-bond acceptors (Lipinski definition) is 11. The lowest BCUT2D eigenvalue weighted by Gasteiger charge is -2.32. The van der Waals surface area contributed by atoms with Gasteiger partial charge >= 0.3 is 0 Å². The molecule has 0 bridgehead atoms. The van der Waals surface area contributed by atoms with Gasteiger partial charge in [0.25, 0.3) is 0 Å². The molecule has 0 fully saturated rings. The van der Waals surface area contributed by atoms with Crippen LogP contribution in [0.5, 0.6) is 0 Å². The Morgan fingerprint density at radius 3 is 1.18 bits per heavy atom. The van der Waals surface area contributed by atoms with Crippen LogP contribution in [0.15, 0.2) is 12.7 Å². The monoisotopic (exact) mass is 537 g/mol. The molecule has 0 unspecified atom stereocenters. The van der Waals surface area contributed by atoms with Crippen LogP contribution in [0.4, 0.5) is 0 Å². The van der Waals surface area contributed by atoms with Gasteiger partial charge < -0.3 is 49.1 Å². The third-order valence-corrected chi connectivity index (χ3v) is 4.48. The Hall–Kier alpha value is -3.13. The van der Waals surface area contributed by atoms with Crippen molar-refractivity contribution in [1.29, 1.82) is 15.8 Å². The van der Waals surface area contributed by atoms with Gasteiger partial charge in [0.05, 0.1) is 108 Å². The molecule has 0 aromatic heterocycles. The fourth-order valence-corrected chi connectivity index (χ4v) is 2.16. The second-order valence-electron chi connectivity index (χ2n) is 7.76. The summed E-state index contributed by atoms with van der Waals surface area (Å²) in [5.74, 6) is 0. The normalized spacial score (nSPS) is 10.1. The van der Waals surface area contributed by atoms with E-state index in [9.17, 15) is 0 Å². The van der Waals surface area contributed by atoms with Crippen molar-refractivity contribution in [3.63, 3.8) is 0 Å². The van der Waals surface area contributed by atoms with Crippen LogP contribution >= 0.6 is 0 Å². The molecule has 0 rings (SSSR count). The van der Waals surface area contributed by atoms with Gasteiger partial charge in [0, 0.05) is 6.08 Å². The maximum Gasteiger partial charge on any atom is 0.237 e. The van der Waals surface area contributed by atoms with Crippen molar-refractivity contribution in [3.8, 4) is 18.2 Å². The zero-order chi connectivity index (χ0) is 29.4. The molecule has 0 aliphatic carbocycles. The van der Waals surface area contributed by atoms with Crippen molar-refractivity contribution >= 4 is 0 Å². The molecule has 0 aromatic rings. The number of aliphatic hydroxyl groups is 4. The lowest BCUT2D eigenvalue weighted by Crippen LogP contribution is -2.42. The zero-order valence-electron chi connectivity index (χ0n) is 21.8. The van der Waals surface area contributed by atoms with Gasteiger partial charge in [0.2, 0.25) is 13.1 Å². The fraction of sp³-hybridized carbons (Fsp3) is 0.720. The summed E-state index contributed by atoms with van der Waals surface area (Å²) < 4.78 is 22.3. The van der Waals surface area contributed by atoms with E-state index in [1.54, 1.807) is 6.07 Å². The molecule has 0 spiro atoms. The Bertz CT molecular complexity index is 662. The van der Waals surface area contributed by atoms with Gasteiger partial charge in [-0.2, -0.15) is 15.8 Å². The van der Waals surface area contributed by atoms with Gasteiger partial charge in [0.1, 0.15) is 13.2 Å². The van der Waals surface area contributed by atoms with E-state index in [1.807, 2.05) is 12.1 Å². The molecule has 0 saturated carbocycles. The minimum absolute atomic E-state index is 0.261. The molecule has 0 aliphatic heterocycles. The van der Waals surface area contributed by atoms with Crippen molar-refractivity contribution in [2.24, 2.45) is 10.8 Å². The van der Waals surface area contributed by atoms with Crippen LogP contribution in [0.1, 0.15) is 12.8 Å². The van der Waals surface area contributed by atoms with Crippen molar-refractivity contribution in [2.75, 3.05) is 92.4 Å². The first-order valence-electron chi connectivity index (χ1n) is 11.6. The molecule has 0 saturated heterocycles. The van der Waals surface area contributed by atoms with Gasteiger partial charge in [-0.15, -0.1) is 0 Å². The van der Waals surface area contributed by atoms with E-state index in [0.29, 0.717) is 26.4 Å². The second-order valence-corrected chi connectivity index (χ2v) is 7.76. The maximum atomic E-state index is 8.61. The number of nitrogens with zero attached hydrogens (tertiary/aromatic N) is 5. The fourth-order valence-electron chi connectivity index (χ4n) is 2.16. The van der Waals surface area contributed by atoms with Gasteiger partial charge in [-0.25, -0.2) is 13.1 Å². The van der Waals surface area contributed by atoms with Crippen LogP contribution in [-0.2, 0) is 18.9 Å². The molecule has 13 nitrogen and oxygen atoms in total. The van der Waals surface area contributed by atoms with Gasteiger partial charge in [-0.1, -0.05) is 6.58 Å². The maximum absolute atomic E-state index is 8.61. The molecular weight excluding hydrogens is 498 g/mol. The molecule has 38 heavy (non-hydrogen) atoms. The zero-order valence-corrected chi connectivity index (χ0v) is 21.8. The van der Waals surface area contributed by atoms with Crippen molar-refractivity contribution < 1.29 is 39.4 Å².